The van der Waals surface area contributed by atoms with Crippen molar-refractivity contribution in [2.45, 2.75) is 12.2 Å². The lowest BCUT2D eigenvalue weighted by atomic mass is 9.97. The fourth-order valence-electron chi connectivity index (χ4n) is 2.75. The van der Waals surface area contributed by atoms with E-state index in [1.807, 2.05) is 30.3 Å². The first kappa shape index (κ1) is 9.40. The van der Waals surface area contributed by atoms with Crippen LogP contribution >= 0.6 is 0 Å². The van der Waals surface area contributed by atoms with Gasteiger partial charge < -0.3 is 9.84 Å². The number of fused-ring (bicyclic) bond motifs is 3. The van der Waals surface area contributed by atoms with Crippen molar-refractivity contribution in [1.29, 1.82) is 0 Å². The van der Waals surface area contributed by atoms with Crippen molar-refractivity contribution >= 4 is 0 Å². The first-order valence-electron chi connectivity index (χ1n) is 5.88. The maximum atomic E-state index is 10.3. The second-order valence-electron chi connectivity index (χ2n) is 4.62. The maximum absolute atomic E-state index is 10.3. The Kier molecular flexibility index (Phi) is 1.76. The summed E-state index contributed by atoms with van der Waals surface area (Å²) in [6.07, 6.45) is -0.261. The molecule has 1 fully saturated rings. The van der Waals surface area contributed by atoms with Crippen molar-refractivity contribution in [3.8, 4) is 11.1 Å². The van der Waals surface area contributed by atoms with Crippen molar-refractivity contribution in [2.24, 2.45) is 0 Å². The third-order valence-electron chi connectivity index (χ3n) is 3.63. The van der Waals surface area contributed by atoms with E-state index in [4.69, 9.17) is 4.74 Å². The van der Waals surface area contributed by atoms with Crippen molar-refractivity contribution in [3.05, 3.63) is 59.2 Å². The Morgan fingerprint density at radius 1 is 0.941 bits per heavy atom. The van der Waals surface area contributed by atoms with Gasteiger partial charge in [-0.15, -0.1) is 0 Å². The second-order valence-corrected chi connectivity index (χ2v) is 4.62. The van der Waals surface area contributed by atoms with Crippen LogP contribution < -0.4 is 0 Å². The minimum absolute atomic E-state index is 0.225. The van der Waals surface area contributed by atoms with Gasteiger partial charge in [-0.05, 0) is 27.8 Å². The van der Waals surface area contributed by atoms with Crippen LogP contribution in [0.25, 0.3) is 11.1 Å². The molecule has 2 aromatic rings. The monoisotopic (exact) mass is 224 g/mol. The zero-order chi connectivity index (χ0) is 11.4. The number of aliphatic hydroxyl groups is 1. The number of rotatable bonds is 1. The predicted molar refractivity (Wildman–Crippen MR) is 64.6 cm³/mol. The summed E-state index contributed by atoms with van der Waals surface area (Å²) < 4.78 is 5.39. The smallest absolute Gasteiger partial charge is 0.107 e. The lowest BCUT2D eigenvalue weighted by molar-refractivity contribution is 0.225. The van der Waals surface area contributed by atoms with Gasteiger partial charge in [-0.3, -0.25) is 0 Å². The van der Waals surface area contributed by atoms with Gasteiger partial charge in [0.05, 0.1) is 6.61 Å². The molecule has 0 bridgehead atoms. The van der Waals surface area contributed by atoms with Crippen LogP contribution in [-0.4, -0.2) is 11.7 Å². The normalized spacial score (nSPS) is 24.3. The lowest BCUT2D eigenvalue weighted by Crippen LogP contribution is -1.94. The molecule has 2 aliphatic rings. The molecule has 1 heterocycles. The molecular weight excluding hydrogens is 212 g/mol. The van der Waals surface area contributed by atoms with E-state index < -0.39 is 6.10 Å². The maximum Gasteiger partial charge on any atom is 0.107 e. The third-order valence-corrected chi connectivity index (χ3v) is 3.63. The Morgan fingerprint density at radius 2 is 1.65 bits per heavy atom. The lowest BCUT2D eigenvalue weighted by Gasteiger charge is -2.07. The average molecular weight is 224 g/mol. The summed E-state index contributed by atoms with van der Waals surface area (Å²) in [6.45, 7) is 0.800. The predicted octanol–water partition coefficient (Wildman–Crippen LogP) is 2.82. The average Bonchev–Trinajstić information content (AvgIpc) is 3.18. The molecular formula is C15H12O2. The van der Waals surface area contributed by atoms with Gasteiger partial charge in [0, 0.05) is 0 Å². The van der Waals surface area contributed by atoms with Gasteiger partial charge >= 0.3 is 0 Å². The Bertz CT molecular complexity index is 600. The van der Waals surface area contributed by atoms with Crippen LogP contribution in [0, 0.1) is 0 Å². The Balaban J connectivity index is 2.04. The van der Waals surface area contributed by atoms with Gasteiger partial charge in [0.25, 0.3) is 0 Å². The van der Waals surface area contributed by atoms with Gasteiger partial charge in [-0.25, -0.2) is 0 Å². The van der Waals surface area contributed by atoms with E-state index in [0.29, 0.717) is 0 Å². The molecule has 0 radical (unpaired) electrons. The highest BCUT2D eigenvalue weighted by Gasteiger charge is 2.34. The molecule has 0 saturated carbocycles. The molecule has 4 rings (SSSR count). The Labute approximate surface area is 99.5 Å². The SMILES string of the molecule is OC1c2ccccc2-c2c(C3CO3)cccc21. The van der Waals surface area contributed by atoms with Crippen molar-refractivity contribution < 1.29 is 9.84 Å². The number of epoxide rings is 1. The zero-order valence-corrected chi connectivity index (χ0v) is 9.26. The molecule has 0 amide bonds. The Morgan fingerprint density at radius 3 is 2.47 bits per heavy atom. The first-order chi connectivity index (χ1) is 8.36. The number of aliphatic hydroxyl groups excluding tert-OH is 1. The van der Waals surface area contributed by atoms with Crippen LogP contribution in [0.3, 0.4) is 0 Å². The summed E-state index contributed by atoms with van der Waals surface area (Å²) in [5, 5.41) is 10.3. The largest absolute Gasteiger partial charge is 0.384 e. The van der Waals surface area contributed by atoms with Crippen LogP contribution in [0.2, 0.25) is 0 Å². The molecule has 0 aromatic heterocycles. The molecule has 84 valence electrons. The van der Waals surface area contributed by atoms with Gasteiger partial charge in [0.1, 0.15) is 12.2 Å². The van der Waals surface area contributed by atoms with E-state index in [2.05, 4.69) is 12.1 Å². The van der Waals surface area contributed by atoms with E-state index in [-0.39, 0.29) is 6.10 Å². The van der Waals surface area contributed by atoms with Gasteiger partial charge in [-0.1, -0.05) is 42.5 Å². The van der Waals surface area contributed by atoms with Crippen molar-refractivity contribution in [3.63, 3.8) is 0 Å². The molecule has 2 unspecified atom stereocenters. The second kappa shape index (κ2) is 3.19. The van der Waals surface area contributed by atoms with E-state index in [9.17, 15) is 5.11 Å². The highest BCUT2D eigenvalue weighted by molar-refractivity contribution is 5.81. The van der Waals surface area contributed by atoms with Crippen LogP contribution in [0.5, 0.6) is 0 Å². The molecule has 0 spiro atoms. The molecule has 2 atom stereocenters. The number of benzene rings is 2. The van der Waals surface area contributed by atoms with Crippen LogP contribution in [0.15, 0.2) is 42.5 Å². The summed E-state index contributed by atoms with van der Waals surface area (Å²) in [6, 6.07) is 14.2. The quantitative estimate of drug-likeness (QED) is 0.755. The number of hydrogen-bond acceptors (Lipinski definition) is 2. The van der Waals surface area contributed by atoms with Crippen LogP contribution in [0.1, 0.15) is 28.9 Å². The molecule has 2 aromatic carbocycles. The van der Waals surface area contributed by atoms with Gasteiger partial charge in [-0.2, -0.15) is 0 Å². The molecule has 1 saturated heterocycles. The Hall–Kier alpha value is -1.64. The molecule has 1 aliphatic heterocycles. The summed E-state index contributed by atoms with van der Waals surface area (Å²) >= 11 is 0. The van der Waals surface area contributed by atoms with Crippen LogP contribution in [-0.2, 0) is 4.74 Å². The minimum Gasteiger partial charge on any atom is -0.384 e. The van der Waals surface area contributed by atoms with Crippen molar-refractivity contribution in [2.75, 3.05) is 6.61 Å². The fraction of sp³-hybridized carbons (Fsp3) is 0.200. The minimum atomic E-state index is -0.486. The zero-order valence-electron chi connectivity index (χ0n) is 9.26. The topological polar surface area (TPSA) is 32.8 Å². The summed E-state index contributed by atoms with van der Waals surface area (Å²) in [4.78, 5) is 0. The summed E-state index contributed by atoms with van der Waals surface area (Å²) in [5.74, 6) is 0. The van der Waals surface area contributed by atoms with Crippen molar-refractivity contribution in [1.82, 2.24) is 0 Å². The van der Waals surface area contributed by atoms with E-state index in [1.54, 1.807) is 0 Å². The molecule has 2 nitrogen and oxygen atoms in total. The summed E-state index contributed by atoms with van der Waals surface area (Å²) in [5.41, 5.74) is 5.57. The number of hydrogen-bond donors (Lipinski definition) is 1. The van der Waals surface area contributed by atoms with Crippen LogP contribution in [0.4, 0.5) is 0 Å². The highest BCUT2D eigenvalue weighted by Crippen LogP contribution is 2.48. The fourth-order valence-corrected chi connectivity index (χ4v) is 2.75. The highest BCUT2D eigenvalue weighted by atomic mass is 16.6. The first-order valence-corrected chi connectivity index (χ1v) is 5.88. The van der Waals surface area contributed by atoms with Gasteiger partial charge in [0.2, 0.25) is 0 Å². The molecule has 2 heteroatoms. The summed E-state index contributed by atoms with van der Waals surface area (Å²) in [7, 11) is 0. The number of ether oxygens (including phenoxy) is 1. The molecule has 1 aliphatic carbocycles. The standard InChI is InChI=1S/C15H12O2/c16-15-10-5-2-1-4-9(10)14-11(13-8-17-13)6-3-7-12(14)15/h1-7,13,15-16H,8H2. The molecule has 1 N–H and O–H groups in total. The van der Waals surface area contributed by atoms with E-state index in [1.165, 1.54) is 11.1 Å². The molecule has 17 heavy (non-hydrogen) atoms. The van der Waals surface area contributed by atoms with E-state index in [0.717, 1.165) is 23.3 Å². The van der Waals surface area contributed by atoms with Gasteiger partial charge in [0.15, 0.2) is 0 Å². The van der Waals surface area contributed by atoms with E-state index >= 15 is 0 Å². The third kappa shape index (κ3) is 1.22.